The van der Waals surface area contributed by atoms with Crippen molar-refractivity contribution in [3.8, 4) is 0 Å². The largest absolute Gasteiger partial charge is 0.311 e. The smallest absolute Gasteiger partial charge is 0.252 e. The topological polar surface area (TPSA) is 6.48 Å². The van der Waals surface area contributed by atoms with E-state index < -0.39 is 6.85 Å². The molecule has 0 saturated heterocycles. The molecule has 0 spiro atoms. The number of fused-ring (bicyclic) bond motifs is 6. The summed E-state index contributed by atoms with van der Waals surface area (Å²) in [5.41, 5.74) is 18.4. The highest BCUT2D eigenvalue weighted by molar-refractivity contribution is 7.00. The van der Waals surface area contributed by atoms with Crippen LogP contribution >= 0.6 is 0 Å². The zero-order valence-corrected chi connectivity index (χ0v) is 36.5. The van der Waals surface area contributed by atoms with Crippen LogP contribution in [0.15, 0.2) is 84.9 Å². The van der Waals surface area contributed by atoms with E-state index >= 15 is 0 Å². The Morgan fingerprint density at radius 2 is 1.02 bits per heavy atom. The van der Waals surface area contributed by atoms with Gasteiger partial charge in [-0.3, -0.25) is 0 Å². The monoisotopic (exact) mass is 742 g/mol. The number of aryl methyl sites for hydroxylation is 1. The lowest BCUT2D eigenvalue weighted by atomic mass is 9.33. The van der Waals surface area contributed by atoms with Crippen LogP contribution in [0.1, 0.15) is 153 Å². The van der Waals surface area contributed by atoms with Gasteiger partial charge < -0.3 is 9.80 Å². The van der Waals surface area contributed by atoms with Crippen LogP contribution in [0, 0.1) is 6.85 Å². The lowest BCUT2D eigenvalue weighted by Gasteiger charge is -2.45. The average Bonchev–Trinajstić information content (AvgIpc) is 3.42. The van der Waals surface area contributed by atoms with E-state index in [4.69, 9.17) is 4.11 Å². The highest BCUT2D eigenvalue weighted by atomic mass is 15.2. The molecule has 9 rings (SSSR count). The molecule has 0 N–H and O–H groups in total. The standard InChI is InChI=1S/C53H63BN2/c1-32-23-45-47-46(24-32)56(36-20-21-37-38(27-36)51(10,11)30-50(37,8)9)44-29-40-39(52(12,13)31-53(40,14)15)28-42(44)54(47)41-22-19-34(49(5,6)7)26-43(41)55(45)35-18-16-17-33(25-35)48(2,3)4/h16-29H,30-31H2,1-15H3/i1D3. The molecule has 288 valence electrons. The van der Waals surface area contributed by atoms with Gasteiger partial charge in [0.15, 0.2) is 0 Å². The fourth-order valence-electron chi connectivity index (χ4n) is 11.7. The Kier molecular flexibility index (Phi) is 6.93. The number of nitrogens with zero attached hydrogens (tertiary/aromatic N) is 2. The second-order valence-electron chi connectivity index (χ2n) is 22.4. The van der Waals surface area contributed by atoms with E-state index in [-0.39, 0.29) is 39.2 Å². The first-order valence-electron chi connectivity index (χ1n) is 22.5. The molecule has 0 saturated carbocycles. The predicted molar refractivity (Wildman–Crippen MR) is 244 cm³/mol. The van der Waals surface area contributed by atoms with E-state index in [1.54, 1.807) is 0 Å². The lowest BCUT2D eigenvalue weighted by molar-refractivity contribution is 0.403. The van der Waals surface area contributed by atoms with E-state index in [2.05, 4.69) is 180 Å². The van der Waals surface area contributed by atoms with Crippen molar-refractivity contribution >= 4 is 57.2 Å². The van der Waals surface area contributed by atoms with E-state index in [1.165, 1.54) is 44.3 Å². The lowest BCUT2D eigenvalue weighted by Crippen LogP contribution is -2.61. The second-order valence-corrected chi connectivity index (χ2v) is 22.4. The summed E-state index contributed by atoms with van der Waals surface area (Å²) in [6.45, 7) is 30.3. The first-order chi connectivity index (χ1) is 27.1. The highest BCUT2D eigenvalue weighted by Crippen LogP contribution is 2.55. The zero-order valence-electron chi connectivity index (χ0n) is 39.5. The summed E-state index contributed by atoms with van der Waals surface area (Å²) in [5, 5.41) is 0. The fourth-order valence-corrected chi connectivity index (χ4v) is 11.7. The molecular weight excluding hydrogens is 675 g/mol. The molecule has 5 aromatic carbocycles. The summed E-state index contributed by atoms with van der Waals surface area (Å²) in [7, 11) is 0. The van der Waals surface area contributed by atoms with Crippen LogP contribution in [0.5, 0.6) is 0 Å². The van der Waals surface area contributed by atoms with Crippen LogP contribution < -0.4 is 26.2 Å². The van der Waals surface area contributed by atoms with E-state index in [9.17, 15) is 0 Å². The quantitative estimate of drug-likeness (QED) is 0.163. The fraction of sp³-hybridized carbons (Fsp3) is 0.434. The Labute approximate surface area is 343 Å². The minimum absolute atomic E-state index is 0.00150. The van der Waals surface area contributed by atoms with Crippen molar-refractivity contribution in [3.05, 3.63) is 124 Å². The summed E-state index contributed by atoms with van der Waals surface area (Å²) >= 11 is 0. The van der Waals surface area contributed by atoms with Crippen LogP contribution in [-0.4, -0.2) is 6.71 Å². The molecule has 4 aliphatic rings. The molecule has 2 heterocycles. The molecule has 0 fully saturated rings. The van der Waals surface area contributed by atoms with Crippen LogP contribution in [0.2, 0.25) is 0 Å². The molecule has 0 aromatic heterocycles. The van der Waals surface area contributed by atoms with E-state index in [1.807, 2.05) is 12.1 Å². The highest BCUT2D eigenvalue weighted by Gasteiger charge is 2.49. The molecule has 56 heavy (non-hydrogen) atoms. The molecule has 2 aliphatic heterocycles. The molecule has 0 bridgehead atoms. The van der Waals surface area contributed by atoms with E-state index in [0.717, 1.165) is 52.4 Å². The van der Waals surface area contributed by atoms with Crippen molar-refractivity contribution in [2.45, 2.75) is 149 Å². The SMILES string of the molecule is [2H]C([2H])([2H])c1cc2c3c(c1)N(c1ccc4c(c1)C(C)(C)CC4(C)C)c1cc4c(cc1B3c1ccc(C(C)(C)C)cc1N2c1cccc(C(C)(C)C)c1)C(C)(C)CC4(C)C. The second kappa shape index (κ2) is 11.5. The van der Waals surface area contributed by atoms with Crippen molar-refractivity contribution in [2.24, 2.45) is 0 Å². The maximum atomic E-state index is 8.98. The van der Waals surface area contributed by atoms with E-state index in [0.29, 0.717) is 5.56 Å². The maximum absolute atomic E-state index is 8.98. The predicted octanol–water partition coefficient (Wildman–Crippen LogP) is 12.6. The Morgan fingerprint density at radius 1 is 0.500 bits per heavy atom. The number of hydrogen-bond donors (Lipinski definition) is 0. The number of benzene rings is 5. The normalized spacial score (nSPS) is 20.3. The molecule has 5 aromatic rings. The van der Waals surface area contributed by atoms with Gasteiger partial charge in [-0.15, -0.1) is 0 Å². The molecule has 2 nitrogen and oxygen atoms in total. The molecule has 0 unspecified atom stereocenters. The van der Waals surface area contributed by atoms with Crippen LogP contribution in [0.25, 0.3) is 0 Å². The third kappa shape index (κ3) is 5.42. The molecule has 0 atom stereocenters. The first kappa shape index (κ1) is 33.9. The number of rotatable bonds is 2. The first-order valence-corrected chi connectivity index (χ1v) is 21.0. The summed E-state index contributed by atoms with van der Waals surface area (Å²) in [4.78, 5) is 4.84. The van der Waals surface area contributed by atoms with Crippen molar-refractivity contribution in [1.29, 1.82) is 0 Å². The van der Waals surface area contributed by atoms with Gasteiger partial charge in [0.2, 0.25) is 0 Å². The molecule has 3 heteroatoms. The Hall–Kier alpha value is -4.24. The van der Waals surface area contributed by atoms with Gasteiger partial charge in [-0.2, -0.15) is 0 Å². The van der Waals surface area contributed by atoms with Crippen molar-refractivity contribution in [2.75, 3.05) is 9.80 Å². The third-order valence-electron chi connectivity index (χ3n) is 14.0. The van der Waals surface area contributed by atoms with Gasteiger partial charge in [0, 0.05) is 38.2 Å². The van der Waals surface area contributed by atoms with Gasteiger partial charge in [-0.25, -0.2) is 0 Å². The third-order valence-corrected chi connectivity index (χ3v) is 14.0. The summed E-state index contributed by atoms with van der Waals surface area (Å²) in [5.74, 6) is 0. The van der Waals surface area contributed by atoms with Gasteiger partial charge >= 0.3 is 0 Å². The number of hydrogen-bond acceptors (Lipinski definition) is 2. The van der Waals surface area contributed by atoms with Crippen molar-refractivity contribution in [1.82, 2.24) is 0 Å². The average molecular weight is 742 g/mol. The van der Waals surface area contributed by atoms with Gasteiger partial charge in [0.05, 0.1) is 0 Å². The molecular formula is C53H63BN2. The Bertz CT molecular complexity index is 2590. The Balaban J connectivity index is 1.44. The van der Waals surface area contributed by atoms with Crippen LogP contribution in [0.4, 0.5) is 34.1 Å². The molecule has 0 amide bonds. The maximum Gasteiger partial charge on any atom is 0.252 e. The minimum atomic E-state index is -2.33. The van der Waals surface area contributed by atoms with Crippen LogP contribution in [0.3, 0.4) is 0 Å². The van der Waals surface area contributed by atoms with Gasteiger partial charge in [-0.1, -0.05) is 133 Å². The molecule has 2 aliphatic carbocycles. The summed E-state index contributed by atoms with van der Waals surface area (Å²) in [6.07, 6.45) is 2.14. The van der Waals surface area contributed by atoms with Gasteiger partial charge in [-0.05, 0) is 156 Å². The van der Waals surface area contributed by atoms with Gasteiger partial charge in [0.1, 0.15) is 0 Å². The van der Waals surface area contributed by atoms with Crippen molar-refractivity contribution < 1.29 is 4.11 Å². The zero-order chi connectivity index (χ0) is 42.8. The summed E-state index contributed by atoms with van der Waals surface area (Å²) in [6, 6.07) is 32.2. The summed E-state index contributed by atoms with van der Waals surface area (Å²) < 4.78 is 26.9. The minimum Gasteiger partial charge on any atom is -0.311 e. The van der Waals surface area contributed by atoms with Gasteiger partial charge in [0.25, 0.3) is 6.71 Å². The van der Waals surface area contributed by atoms with Crippen LogP contribution in [-0.2, 0) is 32.5 Å². The Morgan fingerprint density at radius 3 is 1.61 bits per heavy atom. The van der Waals surface area contributed by atoms with Crippen molar-refractivity contribution in [3.63, 3.8) is 0 Å². The number of anilines is 6. The molecule has 0 radical (unpaired) electrons.